The van der Waals surface area contributed by atoms with Crippen LogP contribution in [-0.4, -0.2) is 144 Å². The van der Waals surface area contributed by atoms with Crippen LogP contribution in [0.1, 0.15) is 68.9 Å². The Morgan fingerprint density at radius 1 is 0.401 bits per heavy atom. The van der Waals surface area contributed by atoms with E-state index in [4.69, 9.17) is 43.6 Å². The second-order valence-corrected chi connectivity index (χ2v) is 31.8. The third-order valence-corrected chi connectivity index (χ3v) is 22.2. The van der Waals surface area contributed by atoms with Crippen molar-refractivity contribution >= 4 is 187 Å². The van der Waals surface area contributed by atoms with Gasteiger partial charge < -0.3 is 52.5 Å². The number of carbonyl (C=O) groups excluding carboxylic acids is 5. The molecule has 5 amide bonds. The van der Waals surface area contributed by atoms with E-state index in [0.717, 1.165) is 5.69 Å². The Balaban J connectivity index is 0.000000134. The third-order valence-electron chi connectivity index (χ3n) is 21.2. The van der Waals surface area contributed by atoms with Crippen LogP contribution in [0, 0.1) is 40.1 Å². The second kappa shape index (κ2) is 44.0. The van der Waals surface area contributed by atoms with E-state index in [1.165, 1.54) is 122 Å². The molecular weight excluding hydrogens is 1920 g/mol. The van der Waals surface area contributed by atoms with Gasteiger partial charge in [0.1, 0.15) is 33.7 Å². The lowest BCUT2D eigenvalue weighted by Gasteiger charge is -2.12. The maximum atomic E-state index is 13.2. The van der Waals surface area contributed by atoms with Crippen LogP contribution in [-0.2, 0) is 6.61 Å². The Morgan fingerprint density at radius 2 is 0.796 bits per heavy atom. The lowest BCUT2D eigenvalue weighted by Crippen LogP contribution is -2.19. The van der Waals surface area contributed by atoms with Crippen molar-refractivity contribution in [3.8, 4) is 46.0 Å². The summed E-state index contributed by atoms with van der Waals surface area (Å²) in [6.45, 7) is 33.3. The molecule has 0 saturated heterocycles. The largest absolute Gasteiger partial charge is 0.505 e. The van der Waals surface area contributed by atoms with Gasteiger partial charge in [-0.1, -0.05) is 127 Å². The zero-order valence-corrected chi connectivity index (χ0v) is 77.5. The zero-order valence-electron chi connectivity index (χ0n) is 75.9. The van der Waals surface area contributed by atoms with Crippen molar-refractivity contribution in [1.82, 2.24) is 89.0 Å². The van der Waals surface area contributed by atoms with Gasteiger partial charge in [0.05, 0.1) is 97.0 Å². The van der Waals surface area contributed by atoms with E-state index in [1.807, 2.05) is 25.1 Å². The van der Waals surface area contributed by atoms with E-state index < -0.39 is 35.3 Å². The monoisotopic (exact) mass is 1980 g/mol. The third kappa shape index (κ3) is 21.3. The van der Waals surface area contributed by atoms with Crippen LogP contribution in [0.4, 0.5) is 91.7 Å². The number of amides is 5. The first-order chi connectivity index (χ1) is 71.6. The number of azo groups is 4. The molecule has 9 aromatic carbocycles. The zero-order chi connectivity index (χ0) is 103. The maximum absolute atomic E-state index is 13.2. The summed E-state index contributed by atoms with van der Waals surface area (Å²) >= 11 is 7.13. The minimum atomic E-state index is -0.826. The van der Waals surface area contributed by atoms with Crippen molar-refractivity contribution in [3.63, 3.8) is 0 Å². The summed E-state index contributed by atoms with van der Waals surface area (Å²) in [5.41, 5.74) is 8.64. The molecular formula is C100H66ClN35O10S. The number of benzene rings is 9. The number of thiazole rings is 1. The fourth-order valence-corrected chi connectivity index (χ4v) is 15.0. The smallest absolute Gasteiger partial charge is 0.269 e. The molecule has 20 rings (SSSR count). The van der Waals surface area contributed by atoms with Crippen molar-refractivity contribution in [2.45, 2.75) is 20.5 Å². The number of nitrogens with zero attached hydrogens (tertiary/aromatic N) is 30. The molecule has 20 aromatic rings. The summed E-state index contributed by atoms with van der Waals surface area (Å²) in [7, 11) is 0. The highest BCUT2D eigenvalue weighted by Crippen LogP contribution is 2.47. The number of hydrogen-bond donors (Lipinski definition) is 10. The number of pyridine rings is 3. The summed E-state index contributed by atoms with van der Waals surface area (Å²) in [5, 5.41) is 122. The number of hydrogen-bond acceptors (Lipinski definition) is 33. The predicted molar refractivity (Wildman–Crippen MR) is 541 cm³/mol. The fourth-order valence-electron chi connectivity index (χ4n) is 14.3. The van der Waals surface area contributed by atoms with Crippen LogP contribution in [0.3, 0.4) is 0 Å². The van der Waals surface area contributed by atoms with Crippen molar-refractivity contribution < 1.29 is 49.5 Å². The van der Waals surface area contributed by atoms with Crippen molar-refractivity contribution in [2.75, 3.05) is 21.3 Å². The number of fused-ring (bicyclic) bond motifs is 4. The highest BCUT2D eigenvalue weighted by Gasteiger charge is 2.28. The molecule has 0 aliphatic heterocycles. The first-order valence-corrected chi connectivity index (χ1v) is 44.3. The summed E-state index contributed by atoms with van der Waals surface area (Å²) in [6.07, 6.45) is 17.5. The average Bonchev–Trinajstić information content (AvgIpc) is 0.964. The molecule has 11 N–H and O–H groups in total. The molecule has 47 heteroatoms. The molecule has 0 spiro atoms. The van der Waals surface area contributed by atoms with Gasteiger partial charge in [0, 0.05) is 87.9 Å². The molecule has 0 atom stereocenters. The quantitative estimate of drug-likeness (QED) is 0.0171. The number of aryl methyl sites for hydroxylation is 2. The van der Waals surface area contributed by atoms with Gasteiger partial charge in [-0.2, -0.15) is 39.1 Å². The van der Waals surface area contributed by atoms with Gasteiger partial charge in [-0.15, -0.1) is 52.3 Å². The minimum absolute atomic E-state index is 0.00346. The van der Waals surface area contributed by atoms with Crippen LogP contribution >= 0.6 is 22.9 Å². The summed E-state index contributed by atoms with van der Waals surface area (Å²) in [4.78, 5) is 119. The van der Waals surface area contributed by atoms with E-state index in [2.05, 4.69) is 152 Å². The average molecular weight is 1990 g/mol. The molecule has 0 bridgehead atoms. The number of carbonyl (C=O) groups is 5. The molecule has 147 heavy (non-hydrogen) atoms. The minimum Gasteiger partial charge on any atom is -0.505 e. The van der Waals surface area contributed by atoms with Crippen LogP contribution in [0.5, 0.6) is 23.0 Å². The fraction of sp³-hybridized carbons (Fsp3) is 0.0300. The molecule has 0 aliphatic rings. The van der Waals surface area contributed by atoms with Gasteiger partial charge in [-0.3, -0.25) is 24.0 Å². The highest BCUT2D eigenvalue weighted by molar-refractivity contribution is 7.12. The molecule has 11 aromatic heterocycles. The van der Waals surface area contributed by atoms with E-state index >= 15 is 0 Å². The number of anilines is 4. The molecule has 0 radical (unpaired) electrons. The summed E-state index contributed by atoms with van der Waals surface area (Å²) in [6, 6.07) is 57.5. The number of primary amides is 1. The number of aromatic hydroxyl groups is 4. The van der Waals surface area contributed by atoms with Crippen LogP contribution in [0.15, 0.2) is 327 Å². The standard InChI is InChI=1S/C26H19N7O3S.C25H16N10O3.C25H17N9O2.C24H14ClN9O2/c1-15-21(27-2)24(33(32-15)26-28-11-12-37-26)31-30-22-19-6-4-3-5-17(19)13-20(23(22)35)25(36)29-18-9-7-16(14-34)8-10-18;1-27-18-13-31-35(25-29-10-5-11-30-25)23(18)34-33-19-15-7-3-2-6-14(15)12-16(21(19)36)24(38)32-17-8-4-9-28-20(17)22(26)37;1-15-7-5-10-20(30-15)31-24(36)18-13-16-8-3-4-9-17(16)21(22(18)35)32-33-23-19(26-2)14-29-34(23)25-27-11-6-12-28-25;1-26-18-13-30-34(24-27-9-4-10-28-24)22(18)33-32-20-16-6-3-2-5-14(16)11-17(21(20)35)23(36)31-15-7-8-19(25)29-12-15/h3-13,34-35H,14H2,1H3,(H,29,36);2-13,36H,(H2,26,37)(H,32,38);3-14,35H,1H3,(H,30,31,36);2-13,35H,(H,31,36). The Morgan fingerprint density at radius 3 is 1.18 bits per heavy atom. The number of aromatic nitrogens is 18. The van der Waals surface area contributed by atoms with Crippen LogP contribution < -0.4 is 27.0 Å². The maximum Gasteiger partial charge on any atom is 0.269 e. The summed E-state index contributed by atoms with van der Waals surface area (Å²) in [5.74, 6) is -3.54. The normalized spacial score (nSPS) is 11.0. The SMILES string of the molecule is [C-]#[N+]c1c(C)nn(-c2nccs2)c1N=Nc1c(O)c(C(=O)Nc2ccc(CO)cc2)cc2ccccc12.[C-]#[N+]c1cnn(-c2ncccn2)c1N=Nc1c(O)c(C(=O)Nc2ccc(Cl)nc2)cc2ccccc12.[C-]#[N+]c1cnn(-c2ncccn2)c1N=Nc1c(O)c(C(=O)Nc2cccc(C)n2)cc2ccccc12.[C-]#[N+]c1cnn(-c2ncccn2)c1N=Nc1c(O)c(C(=O)Nc2cccnc2C(N)=O)cc2ccccc12. The van der Waals surface area contributed by atoms with Crippen molar-refractivity contribution in [3.05, 3.63) is 382 Å². The number of aliphatic hydroxyl groups excluding tert-OH is 1. The number of aliphatic hydroxyl groups is 1. The lowest BCUT2D eigenvalue weighted by atomic mass is 10.0. The van der Waals surface area contributed by atoms with Gasteiger partial charge in [0.2, 0.25) is 5.13 Å². The first-order valence-electron chi connectivity index (χ1n) is 43.0. The number of nitrogens with one attached hydrogen (secondary N) is 4. The van der Waals surface area contributed by atoms with Crippen LogP contribution in [0.25, 0.3) is 85.4 Å². The first kappa shape index (κ1) is 97.0. The molecule has 714 valence electrons. The van der Waals surface area contributed by atoms with Gasteiger partial charge >= 0.3 is 0 Å². The van der Waals surface area contributed by atoms with E-state index in [9.17, 15) is 49.5 Å². The number of rotatable bonds is 22. The predicted octanol–water partition coefficient (Wildman–Crippen LogP) is 21.7. The lowest BCUT2D eigenvalue weighted by molar-refractivity contribution is 0.0991. The molecule has 0 fully saturated rings. The van der Waals surface area contributed by atoms with E-state index in [-0.39, 0.29) is 149 Å². The molecule has 0 unspecified atom stereocenters. The Kier molecular flexibility index (Phi) is 29.0. The second-order valence-electron chi connectivity index (χ2n) is 30.5. The Labute approximate surface area is 836 Å². The van der Waals surface area contributed by atoms with Crippen molar-refractivity contribution in [1.29, 1.82) is 0 Å². The van der Waals surface area contributed by atoms with Gasteiger partial charge in [0.15, 0.2) is 52.0 Å². The van der Waals surface area contributed by atoms with E-state index in [1.54, 1.807) is 182 Å². The molecule has 0 saturated carbocycles. The van der Waals surface area contributed by atoms with Gasteiger partial charge in [-0.05, 0) is 132 Å². The Bertz CT molecular complexity index is 8830. The number of phenols is 4. The number of phenolic OH excluding ortho intramolecular Hbond substituents is 4. The summed E-state index contributed by atoms with van der Waals surface area (Å²) < 4.78 is 5.21. The highest BCUT2D eigenvalue weighted by atomic mass is 35.5. The Hall–Kier alpha value is -21.7. The van der Waals surface area contributed by atoms with Crippen LogP contribution in [0.2, 0.25) is 5.15 Å². The number of halogens is 1. The molecule has 11 heterocycles. The topological polar surface area (TPSA) is 577 Å². The van der Waals surface area contributed by atoms with E-state index in [0.29, 0.717) is 76.7 Å². The van der Waals surface area contributed by atoms with Gasteiger partial charge in [0.25, 0.3) is 70.1 Å². The molecule has 45 nitrogen and oxygen atoms in total. The van der Waals surface area contributed by atoms with Crippen molar-refractivity contribution in [2.24, 2.45) is 46.6 Å². The number of nitrogens with two attached hydrogens (primary N) is 1. The molecule has 0 aliphatic carbocycles. The van der Waals surface area contributed by atoms with Gasteiger partial charge in [-0.25, -0.2) is 69.2 Å².